The maximum absolute atomic E-state index is 12.4. The van der Waals surface area contributed by atoms with Gasteiger partial charge < -0.3 is 4.57 Å². The van der Waals surface area contributed by atoms with E-state index in [0.29, 0.717) is 12.4 Å². The number of sulfonamides is 1. The summed E-state index contributed by atoms with van der Waals surface area (Å²) < 4.78 is 29.2. The molecule has 0 unspecified atom stereocenters. The average Bonchev–Trinajstić information content (AvgIpc) is 3.00. The number of hydrogen-bond acceptors (Lipinski definition) is 4. The Kier molecular flexibility index (Phi) is 3.91. The summed E-state index contributed by atoms with van der Waals surface area (Å²) in [5, 5.41) is 9.60. The van der Waals surface area contributed by atoms with Crippen LogP contribution < -0.4 is 4.72 Å². The van der Waals surface area contributed by atoms with Gasteiger partial charge in [0.25, 0.3) is 0 Å². The lowest BCUT2D eigenvalue weighted by Gasteiger charge is -2.08. The van der Waals surface area contributed by atoms with E-state index in [-0.39, 0.29) is 11.4 Å². The third-order valence-corrected chi connectivity index (χ3v) is 4.89. The molecule has 0 amide bonds. The molecule has 0 saturated heterocycles. The van der Waals surface area contributed by atoms with Crippen molar-refractivity contribution in [1.82, 2.24) is 19.5 Å². The van der Waals surface area contributed by atoms with Crippen LogP contribution in [0.2, 0.25) is 0 Å². The van der Waals surface area contributed by atoms with Crippen LogP contribution in [-0.2, 0) is 23.1 Å². The van der Waals surface area contributed by atoms with Crippen molar-refractivity contribution in [3.05, 3.63) is 54.6 Å². The van der Waals surface area contributed by atoms with Crippen LogP contribution in [0.3, 0.4) is 0 Å². The standard InChI is InChI=1S/C15H16N4O2S/c1-2-19-11-16-18-15(19)10-17-22(20,21)14-8-7-12-5-3-4-6-13(12)9-14/h3-9,11,17H,2,10H2,1H3. The summed E-state index contributed by atoms with van der Waals surface area (Å²) in [6, 6.07) is 12.7. The fourth-order valence-corrected chi connectivity index (χ4v) is 3.27. The predicted molar refractivity (Wildman–Crippen MR) is 83.7 cm³/mol. The van der Waals surface area contributed by atoms with Crippen molar-refractivity contribution in [2.24, 2.45) is 0 Å². The zero-order chi connectivity index (χ0) is 15.6. The third kappa shape index (κ3) is 2.86. The van der Waals surface area contributed by atoms with Gasteiger partial charge in [-0.25, -0.2) is 13.1 Å². The van der Waals surface area contributed by atoms with Gasteiger partial charge in [0.2, 0.25) is 10.0 Å². The van der Waals surface area contributed by atoms with Gasteiger partial charge >= 0.3 is 0 Å². The van der Waals surface area contributed by atoms with Gasteiger partial charge in [-0.1, -0.05) is 30.3 Å². The molecule has 6 nitrogen and oxygen atoms in total. The SMILES string of the molecule is CCn1cnnc1CNS(=O)(=O)c1ccc2ccccc2c1. The Morgan fingerprint density at radius 3 is 2.68 bits per heavy atom. The van der Waals surface area contributed by atoms with E-state index in [4.69, 9.17) is 0 Å². The monoisotopic (exact) mass is 316 g/mol. The topological polar surface area (TPSA) is 76.9 Å². The van der Waals surface area contributed by atoms with Crippen molar-refractivity contribution in [3.63, 3.8) is 0 Å². The average molecular weight is 316 g/mol. The molecule has 0 saturated carbocycles. The molecule has 0 aliphatic carbocycles. The molecule has 0 aliphatic rings. The largest absolute Gasteiger partial charge is 0.317 e. The lowest BCUT2D eigenvalue weighted by molar-refractivity contribution is 0.575. The molecule has 1 aromatic heterocycles. The summed E-state index contributed by atoms with van der Waals surface area (Å²) in [6.07, 6.45) is 1.58. The van der Waals surface area contributed by atoms with E-state index in [9.17, 15) is 8.42 Å². The zero-order valence-corrected chi connectivity index (χ0v) is 12.9. The van der Waals surface area contributed by atoms with E-state index < -0.39 is 10.0 Å². The minimum Gasteiger partial charge on any atom is -0.317 e. The maximum Gasteiger partial charge on any atom is 0.240 e. The summed E-state index contributed by atoms with van der Waals surface area (Å²) in [7, 11) is -3.58. The molecule has 7 heteroatoms. The van der Waals surface area contributed by atoms with Crippen LogP contribution >= 0.6 is 0 Å². The van der Waals surface area contributed by atoms with E-state index in [0.717, 1.165) is 10.8 Å². The highest BCUT2D eigenvalue weighted by atomic mass is 32.2. The van der Waals surface area contributed by atoms with E-state index >= 15 is 0 Å². The molecule has 0 spiro atoms. The van der Waals surface area contributed by atoms with Crippen LogP contribution in [0.1, 0.15) is 12.7 Å². The fourth-order valence-electron chi connectivity index (χ4n) is 2.26. The maximum atomic E-state index is 12.4. The Labute approximate surface area is 128 Å². The fraction of sp³-hybridized carbons (Fsp3) is 0.200. The molecular formula is C15H16N4O2S. The molecule has 3 rings (SSSR count). The summed E-state index contributed by atoms with van der Waals surface area (Å²) in [5.74, 6) is 0.590. The van der Waals surface area contributed by atoms with E-state index in [2.05, 4.69) is 14.9 Å². The Bertz CT molecular complexity index is 903. The minimum atomic E-state index is -3.58. The number of aromatic nitrogens is 3. The quantitative estimate of drug-likeness (QED) is 0.780. The zero-order valence-electron chi connectivity index (χ0n) is 12.1. The highest BCUT2D eigenvalue weighted by molar-refractivity contribution is 7.89. The second-order valence-corrected chi connectivity index (χ2v) is 6.63. The third-order valence-electron chi connectivity index (χ3n) is 3.49. The number of fused-ring (bicyclic) bond motifs is 1. The number of aryl methyl sites for hydroxylation is 1. The minimum absolute atomic E-state index is 0.114. The molecule has 22 heavy (non-hydrogen) atoms. The number of nitrogens with one attached hydrogen (secondary N) is 1. The first-order valence-electron chi connectivity index (χ1n) is 6.95. The molecule has 2 aromatic carbocycles. The van der Waals surface area contributed by atoms with Crippen molar-refractivity contribution in [2.75, 3.05) is 0 Å². The molecule has 0 atom stereocenters. The van der Waals surface area contributed by atoms with Crippen LogP contribution in [0.15, 0.2) is 53.7 Å². The first kappa shape index (κ1) is 14.7. The second kappa shape index (κ2) is 5.86. The molecular weight excluding hydrogens is 300 g/mol. The second-order valence-electron chi connectivity index (χ2n) is 4.87. The van der Waals surface area contributed by atoms with Crippen LogP contribution in [0, 0.1) is 0 Å². The van der Waals surface area contributed by atoms with Crippen molar-refractivity contribution < 1.29 is 8.42 Å². The van der Waals surface area contributed by atoms with Gasteiger partial charge in [-0.05, 0) is 29.8 Å². The van der Waals surface area contributed by atoms with Gasteiger partial charge in [0.05, 0.1) is 11.4 Å². The number of rotatable bonds is 5. The van der Waals surface area contributed by atoms with Crippen LogP contribution in [0.25, 0.3) is 10.8 Å². The summed E-state index contributed by atoms with van der Waals surface area (Å²) in [4.78, 5) is 0.244. The highest BCUT2D eigenvalue weighted by Gasteiger charge is 2.15. The van der Waals surface area contributed by atoms with Gasteiger partial charge in [0.1, 0.15) is 12.2 Å². The molecule has 1 N–H and O–H groups in total. The molecule has 0 fully saturated rings. The lowest BCUT2D eigenvalue weighted by atomic mass is 10.1. The molecule has 0 radical (unpaired) electrons. The van der Waals surface area contributed by atoms with Gasteiger partial charge in [0, 0.05) is 6.54 Å². The molecule has 114 valence electrons. The Balaban J connectivity index is 1.85. The van der Waals surface area contributed by atoms with E-state index in [1.54, 1.807) is 29.1 Å². The van der Waals surface area contributed by atoms with Crippen molar-refractivity contribution in [1.29, 1.82) is 0 Å². The van der Waals surface area contributed by atoms with E-state index in [1.807, 2.05) is 31.2 Å². The predicted octanol–water partition coefficient (Wildman–Crippen LogP) is 1.93. The summed E-state index contributed by atoms with van der Waals surface area (Å²) in [5.41, 5.74) is 0. The number of hydrogen-bond donors (Lipinski definition) is 1. The van der Waals surface area contributed by atoms with Crippen LogP contribution in [0.5, 0.6) is 0 Å². The lowest BCUT2D eigenvalue weighted by Crippen LogP contribution is -2.25. The summed E-state index contributed by atoms with van der Waals surface area (Å²) in [6.45, 7) is 2.76. The summed E-state index contributed by atoms with van der Waals surface area (Å²) >= 11 is 0. The first-order chi connectivity index (χ1) is 10.6. The Hall–Kier alpha value is -2.25. The van der Waals surface area contributed by atoms with Gasteiger partial charge in [0.15, 0.2) is 0 Å². The first-order valence-corrected chi connectivity index (χ1v) is 8.43. The molecule has 0 bridgehead atoms. The molecule has 3 aromatic rings. The Morgan fingerprint density at radius 2 is 1.91 bits per heavy atom. The van der Waals surface area contributed by atoms with Crippen molar-refractivity contribution in [3.8, 4) is 0 Å². The number of nitrogens with zero attached hydrogens (tertiary/aromatic N) is 3. The van der Waals surface area contributed by atoms with Crippen LogP contribution in [-0.4, -0.2) is 23.2 Å². The van der Waals surface area contributed by atoms with Crippen molar-refractivity contribution in [2.45, 2.75) is 24.9 Å². The molecule has 1 heterocycles. The number of benzene rings is 2. The highest BCUT2D eigenvalue weighted by Crippen LogP contribution is 2.18. The van der Waals surface area contributed by atoms with Crippen LogP contribution in [0.4, 0.5) is 0 Å². The smallest absolute Gasteiger partial charge is 0.240 e. The Morgan fingerprint density at radius 1 is 1.14 bits per heavy atom. The van der Waals surface area contributed by atoms with Gasteiger partial charge in [-0.15, -0.1) is 10.2 Å². The van der Waals surface area contributed by atoms with Gasteiger partial charge in [-0.3, -0.25) is 0 Å². The van der Waals surface area contributed by atoms with Crippen molar-refractivity contribution >= 4 is 20.8 Å². The van der Waals surface area contributed by atoms with Gasteiger partial charge in [-0.2, -0.15) is 0 Å². The normalized spacial score (nSPS) is 11.9. The van der Waals surface area contributed by atoms with E-state index in [1.165, 1.54) is 0 Å². The molecule has 0 aliphatic heterocycles.